The van der Waals surface area contributed by atoms with E-state index < -0.39 is 7.26 Å². The summed E-state index contributed by atoms with van der Waals surface area (Å²) in [7, 11) is 2.70. The van der Waals surface area contributed by atoms with Gasteiger partial charge in [-0.15, -0.1) is 0 Å². The number of benzene rings is 1. The lowest BCUT2D eigenvalue weighted by Crippen LogP contribution is -2.21. The molecule has 1 aromatic carbocycles. The molecule has 0 saturated heterocycles. The predicted octanol–water partition coefficient (Wildman–Crippen LogP) is 2.39. The smallest absolute Gasteiger partial charge is 0.161 e. The summed E-state index contributed by atoms with van der Waals surface area (Å²) in [6, 6.07) is 6.40. The normalized spacial score (nSPS) is 11.9. The van der Waals surface area contributed by atoms with Crippen molar-refractivity contribution >= 4 is 22.1 Å². The number of methoxy groups -OCH3 is 2. The van der Waals surface area contributed by atoms with Crippen LogP contribution in [0, 0.1) is 0 Å². The zero-order valence-electron chi connectivity index (χ0n) is 13.5. The summed E-state index contributed by atoms with van der Waals surface area (Å²) in [5.74, 6) is 1.10. The second-order valence-electron chi connectivity index (χ2n) is 5.62. The van der Waals surface area contributed by atoms with Crippen LogP contribution in [-0.4, -0.2) is 61.4 Å². The van der Waals surface area contributed by atoms with E-state index in [1.54, 1.807) is 20.3 Å². The number of hydrogen-bond donors (Lipinski definition) is 1. The fourth-order valence-electron chi connectivity index (χ4n) is 1.89. The number of hydrogen-bond acceptors (Lipinski definition) is 4. The second kappa shape index (κ2) is 8.74. The molecule has 0 heterocycles. The lowest BCUT2D eigenvalue weighted by atomic mass is 10.3. The molecule has 0 bridgehead atoms. The molecule has 0 aromatic heterocycles. The quantitative estimate of drug-likeness (QED) is 0.327. The average Bonchev–Trinajstić information content (AvgIpc) is 2.43. The number of phenolic OH excluding ortho intramolecular Hbond substituents is 1. The molecule has 118 valence electrons. The van der Waals surface area contributed by atoms with Gasteiger partial charge in [0.2, 0.25) is 0 Å². The molecule has 0 saturated carbocycles. The Hall–Kier alpha value is -0.613. The molecule has 0 aliphatic carbocycles. The molecule has 1 rings (SSSR count). The van der Waals surface area contributed by atoms with Crippen molar-refractivity contribution in [3.8, 4) is 11.5 Å². The zero-order valence-corrected chi connectivity index (χ0v) is 15.4. The van der Waals surface area contributed by atoms with Gasteiger partial charge < -0.3 is 19.3 Å². The van der Waals surface area contributed by atoms with Crippen molar-refractivity contribution in [2.75, 3.05) is 40.8 Å². The highest BCUT2D eigenvalue weighted by Crippen LogP contribution is 2.48. The van der Waals surface area contributed by atoms with E-state index in [2.05, 4.69) is 20.0 Å². The van der Waals surface area contributed by atoms with E-state index in [0.29, 0.717) is 21.9 Å². The first-order valence-electron chi connectivity index (χ1n) is 6.95. The van der Waals surface area contributed by atoms with E-state index in [1.807, 2.05) is 12.1 Å². The summed E-state index contributed by atoms with van der Waals surface area (Å²) >= 11 is 0. The fraction of sp³-hybridized carbons (Fsp3) is 0.600. The summed E-state index contributed by atoms with van der Waals surface area (Å²) < 4.78 is 16.2. The van der Waals surface area contributed by atoms with Gasteiger partial charge >= 0.3 is 0 Å². The van der Waals surface area contributed by atoms with E-state index in [-0.39, 0.29) is 5.91 Å². The third-order valence-corrected chi connectivity index (χ3v) is 6.22. The van der Waals surface area contributed by atoms with Crippen LogP contribution in [-0.2, 0) is 9.47 Å². The molecule has 0 amide bonds. The van der Waals surface area contributed by atoms with Gasteiger partial charge in [0, 0.05) is 27.5 Å². The molecular weight excluding hydrogens is 303 g/mol. The summed E-state index contributed by atoms with van der Waals surface area (Å²) in [5, 5.41) is 10.8. The van der Waals surface area contributed by atoms with E-state index in [0.717, 1.165) is 23.5 Å². The van der Waals surface area contributed by atoms with Crippen molar-refractivity contribution < 1.29 is 19.3 Å². The van der Waals surface area contributed by atoms with Crippen molar-refractivity contribution in [3.63, 3.8) is 0 Å². The third-order valence-electron chi connectivity index (χ3n) is 2.98. The molecule has 0 aliphatic heterocycles. The van der Waals surface area contributed by atoms with Gasteiger partial charge in [-0.3, -0.25) is 0 Å². The van der Waals surface area contributed by atoms with Gasteiger partial charge in [-0.05, 0) is 18.6 Å². The maximum absolute atomic E-state index is 9.66. The molecular formula is C15H26O4PSi+. The average molecular weight is 329 g/mol. The Labute approximate surface area is 131 Å². The van der Waals surface area contributed by atoms with Crippen LogP contribution in [0.3, 0.4) is 0 Å². The van der Waals surface area contributed by atoms with Gasteiger partial charge in [-0.25, -0.2) is 0 Å². The zero-order chi connectivity index (χ0) is 15.9. The van der Waals surface area contributed by atoms with E-state index >= 15 is 0 Å². The molecule has 0 unspecified atom stereocenters. The summed E-state index contributed by atoms with van der Waals surface area (Å²) in [6.07, 6.45) is 0.963. The molecule has 6 heteroatoms. The molecule has 1 aromatic rings. The summed E-state index contributed by atoms with van der Waals surface area (Å²) in [4.78, 5) is 0. The van der Waals surface area contributed by atoms with Gasteiger partial charge in [-0.1, -0.05) is 6.04 Å². The minimum Gasteiger partial charge on any atom is -0.508 e. The van der Waals surface area contributed by atoms with Crippen molar-refractivity contribution in [1.82, 2.24) is 0 Å². The van der Waals surface area contributed by atoms with Gasteiger partial charge in [0.05, 0.1) is 26.6 Å². The molecule has 4 nitrogen and oxygen atoms in total. The first-order valence-corrected chi connectivity index (χ1v) is 11.4. The first kappa shape index (κ1) is 18.4. The van der Waals surface area contributed by atoms with E-state index in [1.165, 1.54) is 0 Å². The first-order chi connectivity index (χ1) is 9.88. The SMILES string of the molecule is COC(OC)[Si]CCCOc1ccc(O)cc1[P+](C)(C)C. The van der Waals surface area contributed by atoms with Crippen LogP contribution < -0.4 is 10.0 Å². The van der Waals surface area contributed by atoms with Gasteiger partial charge in [0.15, 0.2) is 5.75 Å². The Bertz CT molecular complexity index is 430. The highest BCUT2D eigenvalue weighted by Gasteiger charge is 2.26. The topological polar surface area (TPSA) is 47.9 Å². The van der Waals surface area contributed by atoms with Crippen LogP contribution in [0.25, 0.3) is 0 Å². The van der Waals surface area contributed by atoms with Crippen molar-refractivity contribution in [3.05, 3.63) is 18.2 Å². The molecule has 0 atom stereocenters. The Kier molecular flexibility index (Phi) is 7.67. The Balaban J connectivity index is 2.49. The van der Waals surface area contributed by atoms with Crippen molar-refractivity contribution in [2.24, 2.45) is 0 Å². The van der Waals surface area contributed by atoms with Crippen molar-refractivity contribution in [1.29, 1.82) is 0 Å². The lowest BCUT2D eigenvalue weighted by molar-refractivity contribution is -0.0441. The summed E-state index contributed by atoms with van der Waals surface area (Å²) in [5.41, 5.74) is 0. The maximum Gasteiger partial charge on any atom is 0.161 e. The predicted molar refractivity (Wildman–Crippen MR) is 90.9 cm³/mol. The van der Waals surface area contributed by atoms with E-state index in [9.17, 15) is 5.11 Å². The number of aromatic hydroxyl groups is 1. The van der Waals surface area contributed by atoms with Crippen LogP contribution in [0.1, 0.15) is 6.42 Å². The van der Waals surface area contributed by atoms with Gasteiger partial charge in [0.25, 0.3) is 0 Å². The molecule has 0 fully saturated rings. The largest absolute Gasteiger partial charge is 0.508 e. The Morgan fingerprint density at radius 3 is 2.43 bits per heavy atom. The van der Waals surface area contributed by atoms with Crippen molar-refractivity contribution in [2.45, 2.75) is 18.4 Å². The van der Waals surface area contributed by atoms with Gasteiger partial charge in [-0.2, -0.15) is 0 Å². The van der Waals surface area contributed by atoms with E-state index in [4.69, 9.17) is 14.2 Å². The molecule has 2 radical (unpaired) electrons. The number of rotatable bonds is 9. The number of ether oxygens (including phenoxy) is 3. The Morgan fingerprint density at radius 1 is 1.19 bits per heavy atom. The highest BCUT2D eigenvalue weighted by molar-refractivity contribution is 7.81. The second-order valence-corrected chi connectivity index (χ2v) is 11.5. The molecule has 0 aliphatic rings. The standard InChI is InChI=1S/C15H25O4PSi/c1-17-15(18-2)21-10-6-9-19-13-8-7-12(16)11-14(13)20(3,4)5/h7-8,11,15H,6,9-10H2,1-5H3/p+1. The monoisotopic (exact) mass is 329 g/mol. The summed E-state index contributed by atoms with van der Waals surface area (Å²) in [6.45, 7) is 7.33. The Morgan fingerprint density at radius 2 is 1.86 bits per heavy atom. The molecule has 0 spiro atoms. The third kappa shape index (κ3) is 6.35. The van der Waals surface area contributed by atoms with Crippen LogP contribution in [0.5, 0.6) is 11.5 Å². The van der Waals surface area contributed by atoms with Crippen LogP contribution in [0.2, 0.25) is 6.04 Å². The van der Waals surface area contributed by atoms with Gasteiger partial charge in [0.1, 0.15) is 26.5 Å². The lowest BCUT2D eigenvalue weighted by Gasteiger charge is -2.17. The minimum absolute atomic E-state index is 0.102. The molecule has 21 heavy (non-hydrogen) atoms. The maximum atomic E-state index is 9.66. The van der Waals surface area contributed by atoms with Crippen LogP contribution >= 0.6 is 7.26 Å². The molecule has 1 N–H and O–H groups in total. The number of phenols is 1. The van der Waals surface area contributed by atoms with Crippen LogP contribution in [0.15, 0.2) is 18.2 Å². The fourth-order valence-corrected chi connectivity index (χ4v) is 4.13. The highest BCUT2D eigenvalue weighted by atomic mass is 31.2. The minimum atomic E-state index is -1.24. The van der Waals surface area contributed by atoms with Crippen LogP contribution in [0.4, 0.5) is 0 Å².